The number of rotatable bonds is 7. The summed E-state index contributed by atoms with van der Waals surface area (Å²) in [5.74, 6) is 1.05. The summed E-state index contributed by atoms with van der Waals surface area (Å²) >= 11 is 0. The van der Waals surface area contributed by atoms with E-state index in [2.05, 4.69) is 59.4 Å². The largest absolute Gasteiger partial charge is 0.326 e. The first-order valence-electron chi connectivity index (χ1n) is 7.34. The number of pyridine rings is 1. The van der Waals surface area contributed by atoms with Gasteiger partial charge in [-0.3, -0.25) is 0 Å². The number of nitrogens with one attached hydrogen (secondary N) is 1. The Bertz CT molecular complexity index is 511. The van der Waals surface area contributed by atoms with E-state index in [4.69, 9.17) is 0 Å². The molecule has 1 heterocycles. The van der Waals surface area contributed by atoms with Crippen LogP contribution in [0.2, 0.25) is 0 Å². The molecule has 0 fully saturated rings. The molecule has 0 atom stereocenters. The molecule has 1 aromatic heterocycles. The van der Waals surface area contributed by atoms with E-state index in [-0.39, 0.29) is 0 Å². The zero-order valence-electron chi connectivity index (χ0n) is 12.3. The third kappa shape index (κ3) is 3.58. The van der Waals surface area contributed by atoms with Gasteiger partial charge >= 0.3 is 0 Å². The molecule has 0 saturated heterocycles. The van der Waals surface area contributed by atoms with Crippen molar-refractivity contribution < 1.29 is 0 Å². The van der Waals surface area contributed by atoms with E-state index in [1.807, 2.05) is 18.3 Å². The van der Waals surface area contributed by atoms with Gasteiger partial charge < -0.3 is 10.2 Å². The van der Waals surface area contributed by atoms with E-state index in [9.17, 15) is 0 Å². The maximum absolute atomic E-state index is 4.59. The van der Waals surface area contributed by atoms with Crippen molar-refractivity contribution >= 4 is 11.5 Å². The maximum Gasteiger partial charge on any atom is 0.137 e. The highest BCUT2D eigenvalue weighted by Gasteiger charge is 2.12. The van der Waals surface area contributed by atoms with Gasteiger partial charge in [0.25, 0.3) is 0 Å². The fraction of sp³-hybridized carbons (Fsp3) is 0.353. The van der Waals surface area contributed by atoms with Crippen molar-refractivity contribution in [2.24, 2.45) is 0 Å². The van der Waals surface area contributed by atoms with Crippen LogP contribution in [0.5, 0.6) is 0 Å². The number of nitrogens with zero attached hydrogens (tertiary/aromatic N) is 2. The van der Waals surface area contributed by atoms with Crippen LogP contribution < -0.4 is 10.2 Å². The summed E-state index contributed by atoms with van der Waals surface area (Å²) in [6.07, 6.45) is 3.01. The lowest BCUT2D eigenvalue weighted by molar-refractivity contribution is 0.673. The Morgan fingerprint density at radius 1 is 1.05 bits per heavy atom. The van der Waals surface area contributed by atoms with Crippen molar-refractivity contribution in [3.05, 3.63) is 54.2 Å². The maximum atomic E-state index is 4.59. The van der Waals surface area contributed by atoms with E-state index in [0.717, 1.165) is 31.9 Å². The molecule has 0 aliphatic heterocycles. The summed E-state index contributed by atoms with van der Waals surface area (Å²) in [5, 5.41) is 3.46. The van der Waals surface area contributed by atoms with Crippen LogP contribution in [-0.4, -0.2) is 18.1 Å². The molecule has 0 aliphatic carbocycles. The first kappa shape index (κ1) is 14.5. The second-order valence-electron chi connectivity index (χ2n) is 4.74. The van der Waals surface area contributed by atoms with Crippen molar-refractivity contribution in [1.82, 2.24) is 10.3 Å². The first-order valence-corrected chi connectivity index (χ1v) is 7.34. The van der Waals surface area contributed by atoms with Crippen molar-refractivity contribution in [2.45, 2.75) is 26.8 Å². The molecule has 1 N–H and O–H groups in total. The average Bonchev–Trinajstić information content (AvgIpc) is 2.51. The van der Waals surface area contributed by atoms with Gasteiger partial charge in [0.1, 0.15) is 5.82 Å². The van der Waals surface area contributed by atoms with Crippen molar-refractivity contribution in [3.63, 3.8) is 0 Å². The average molecular weight is 269 g/mol. The topological polar surface area (TPSA) is 28.2 Å². The fourth-order valence-corrected chi connectivity index (χ4v) is 2.27. The highest BCUT2D eigenvalue weighted by molar-refractivity contribution is 5.62. The number of hydrogen-bond donors (Lipinski definition) is 1. The van der Waals surface area contributed by atoms with E-state index >= 15 is 0 Å². The summed E-state index contributed by atoms with van der Waals surface area (Å²) < 4.78 is 0. The lowest BCUT2D eigenvalue weighted by Crippen LogP contribution is -2.22. The van der Waals surface area contributed by atoms with Gasteiger partial charge in [-0.15, -0.1) is 0 Å². The molecule has 0 radical (unpaired) electrons. The van der Waals surface area contributed by atoms with E-state index in [1.54, 1.807) is 0 Å². The lowest BCUT2D eigenvalue weighted by atomic mass is 10.2. The highest BCUT2D eigenvalue weighted by Crippen LogP contribution is 2.25. The number of anilines is 2. The fourth-order valence-electron chi connectivity index (χ4n) is 2.27. The third-order valence-corrected chi connectivity index (χ3v) is 3.25. The van der Waals surface area contributed by atoms with Gasteiger partial charge in [-0.25, -0.2) is 4.98 Å². The zero-order chi connectivity index (χ0) is 14.2. The summed E-state index contributed by atoms with van der Waals surface area (Å²) in [6.45, 7) is 7.14. The standard InChI is InChI=1S/C17H23N3/c1-3-12-18-14-15-9-8-13-19-17(15)20(4-2)16-10-6-5-7-11-16/h5-11,13,18H,3-4,12,14H2,1-2H3. The lowest BCUT2D eigenvalue weighted by Gasteiger charge is -2.24. The summed E-state index contributed by atoms with van der Waals surface area (Å²) in [6, 6.07) is 14.6. The minimum atomic E-state index is 0.861. The van der Waals surface area contributed by atoms with Gasteiger partial charge in [0.05, 0.1) is 0 Å². The van der Waals surface area contributed by atoms with Gasteiger partial charge in [0, 0.05) is 30.5 Å². The smallest absolute Gasteiger partial charge is 0.137 e. The molecule has 1 aromatic carbocycles. The summed E-state index contributed by atoms with van der Waals surface area (Å²) in [5.41, 5.74) is 2.43. The van der Waals surface area contributed by atoms with Crippen molar-refractivity contribution in [2.75, 3.05) is 18.0 Å². The summed E-state index contributed by atoms with van der Waals surface area (Å²) in [4.78, 5) is 6.84. The molecule has 0 saturated carbocycles. The Labute approximate surface area is 121 Å². The number of para-hydroxylation sites is 1. The zero-order valence-corrected chi connectivity index (χ0v) is 12.3. The van der Waals surface area contributed by atoms with Gasteiger partial charge in [0.2, 0.25) is 0 Å². The molecule has 3 heteroatoms. The van der Waals surface area contributed by atoms with Crippen LogP contribution in [0.15, 0.2) is 48.7 Å². The third-order valence-electron chi connectivity index (χ3n) is 3.25. The van der Waals surface area contributed by atoms with Crippen LogP contribution in [0, 0.1) is 0 Å². The molecule has 0 unspecified atom stereocenters. The molecule has 2 rings (SSSR count). The molecule has 0 amide bonds. The quantitative estimate of drug-likeness (QED) is 0.776. The minimum absolute atomic E-state index is 0.861. The predicted octanol–water partition coefficient (Wildman–Crippen LogP) is 3.74. The van der Waals surface area contributed by atoms with Gasteiger partial charge in [-0.05, 0) is 38.1 Å². The Hall–Kier alpha value is -1.87. The molecule has 0 aliphatic rings. The first-order chi connectivity index (χ1) is 9.86. The predicted molar refractivity (Wildman–Crippen MR) is 85.4 cm³/mol. The van der Waals surface area contributed by atoms with Crippen LogP contribution in [0.3, 0.4) is 0 Å². The minimum Gasteiger partial charge on any atom is -0.326 e. The second-order valence-corrected chi connectivity index (χ2v) is 4.74. The van der Waals surface area contributed by atoms with Gasteiger partial charge in [-0.2, -0.15) is 0 Å². The summed E-state index contributed by atoms with van der Waals surface area (Å²) in [7, 11) is 0. The van der Waals surface area contributed by atoms with Crippen LogP contribution >= 0.6 is 0 Å². The van der Waals surface area contributed by atoms with E-state index in [1.165, 1.54) is 11.3 Å². The molecular weight excluding hydrogens is 246 g/mol. The SMILES string of the molecule is CCCNCc1cccnc1N(CC)c1ccccc1. The number of benzene rings is 1. The second kappa shape index (κ2) is 7.65. The Morgan fingerprint density at radius 2 is 1.85 bits per heavy atom. The van der Waals surface area contributed by atoms with Crippen LogP contribution in [0.25, 0.3) is 0 Å². The molecule has 0 spiro atoms. The monoisotopic (exact) mass is 269 g/mol. The number of hydrogen-bond acceptors (Lipinski definition) is 3. The van der Waals surface area contributed by atoms with Gasteiger partial charge in [-0.1, -0.05) is 31.2 Å². The molecular formula is C17H23N3. The molecule has 3 nitrogen and oxygen atoms in total. The Balaban J connectivity index is 2.25. The highest BCUT2D eigenvalue weighted by atomic mass is 15.2. The normalized spacial score (nSPS) is 10.5. The van der Waals surface area contributed by atoms with E-state index in [0.29, 0.717) is 0 Å². The molecule has 0 bridgehead atoms. The van der Waals surface area contributed by atoms with Crippen molar-refractivity contribution in [3.8, 4) is 0 Å². The Morgan fingerprint density at radius 3 is 2.55 bits per heavy atom. The van der Waals surface area contributed by atoms with Crippen LogP contribution in [0.1, 0.15) is 25.8 Å². The van der Waals surface area contributed by atoms with Gasteiger partial charge in [0.15, 0.2) is 0 Å². The van der Waals surface area contributed by atoms with Crippen LogP contribution in [0.4, 0.5) is 11.5 Å². The Kier molecular flexibility index (Phi) is 5.56. The molecule has 106 valence electrons. The molecule has 20 heavy (non-hydrogen) atoms. The molecule has 2 aromatic rings. The van der Waals surface area contributed by atoms with E-state index < -0.39 is 0 Å². The number of aromatic nitrogens is 1. The van der Waals surface area contributed by atoms with Crippen LogP contribution in [-0.2, 0) is 6.54 Å². The van der Waals surface area contributed by atoms with Crippen molar-refractivity contribution in [1.29, 1.82) is 0 Å².